The molecule has 0 unspecified atom stereocenters. The van der Waals surface area contributed by atoms with Gasteiger partial charge in [0.25, 0.3) is 5.56 Å². The molecule has 0 atom stereocenters. The highest BCUT2D eigenvalue weighted by Gasteiger charge is 2.16. The van der Waals surface area contributed by atoms with E-state index >= 15 is 0 Å². The highest BCUT2D eigenvalue weighted by molar-refractivity contribution is 5.74. The average Bonchev–Trinajstić information content (AvgIpc) is 3.04. The van der Waals surface area contributed by atoms with E-state index in [2.05, 4.69) is 10.1 Å². The number of benzene rings is 1. The first kappa shape index (κ1) is 14.2. The van der Waals surface area contributed by atoms with Gasteiger partial charge in [0.1, 0.15) is 5.39 Å². The fourth-order valence-electron chi connectivity index (χ4n) is 3.48. The number of nitrogens with zero attached hydrogens (tertiary/aromatic N) is 4. The molecule has 23 heavy (non-hydrogen) atoms. The number of hydrogen-bond donors (Lipinski definition) is 0. The van der Waals surface area contributed by atoms with E-state index in [0.29, 0.717) is 17.0 Å². The minimum atomic E-state index is 0.0164. The van der Waals surface area contributed by atoms with Gasteiger partial charge < -0.3 is 0 Å². The predicted molar refractivity (Wildman–Crippen MR) is 89.7 cm³/mol. The van der Waals surface area contributed by atoms with Gasteiger partial charge in [0.15, 0.2) is 5.65 Å². The van der Waals surface area contributed by atoms with Crippen LogP contribution in [0.5, 0.6) is 0 Å². The summed E-state index contributed by atoms with van der Waals surface area (Å²) < 4.78 is 3.48. The van der Waals surface area contributed by atoms with Crippen LogP contribution in [0.2, 0.25) is 0 Å². The van der Waals surface area contributed by atoms with Crippen molar-refractivity contribution in [1.82, 2.24) is 19.3 Å². The van der Waals surface area contributed by atoms with E-state index in [9.17, 15) is 4.79 Å². The van der Waals surface area contributed by atoms with Gasteiger partial charge in [-0.3, -0.25) is 9.36 Å². The summed E-state index contributed by atoms with van der Waals surface area (Å²) in [5.41, 5.74) is 1.56. The number of aromatic nitrogens is 4. The zero-order chi connectivity index (χ0) is 15.6. The molecule has 3 aromatic rings. The normalized spacial score (nSPS) is 16.0. The molecule has 2 heterocycles. The minimum Gasteiger partial charge on any atom is -0.298 e. The van der Waals surface area contributed by atoms with Gasteiger partial charge in [0, 0.05) is 6.54 Å². The lowest BCUT2D eigenvalue weighted by atomic mass is 9.89. The summed E-state index contributed by atoms with van der Waals surface area (Å²) in [6.45, 7) is 0.776. The van der Waals surface area contributed by atoms with Crippen LogP contribution in [0.3, 0.4) is 0 Å². The zero-order valence-corrected chi connectivity index (χ0v) is 13.1. The molecule has 1 aromatic carbocycles. The summed E-state index contributed by atoms with van der Waals surface area (Å²) >= 11 is 0. The van der Waals surface area contributed by atoms with Crippen LogP contribution in [0, 0.1) is 5.92 Å². The quantitative estimate of drug-likeness (QED) is 0.747. The van der Waals surface area contributed by atoms with Crippen LogP contribution in [0.15, 0.2) is 47.7 Å². The van der Waals surface area contributed by atoms with Gasteiger partial charge in [-0.05, 0) is 30.9 Å². The van der Waals surface area contributed by atoms with Crippen molar-refractivity contribution in [2.75, 3.05) is 0 Å². The second kappa shape index (κ2) is 5.99. The van der Waals surface area contributed by atoms with Gasteiger partial charge >= 0.3 is 0 Å². The molecule has 0 radical (unpaired) electrons. The van der Waals surface area contributed by atoms with E-state index in [1.807, 2.05) is 30.3 Å². The molecule has 1 aliphatic carbocycles. The Morgan fingerprint density at radius 1 is 1.09 bits per heavy atom. The third-order valence-corrected chi connectivity index (χ3v) is 4.73. The molecule has 0 spiro atoms. The molecular formula is C18H20N4O. The molecular weight excluding hydrogens is 288 g/mol. The van der Waals surface area contributed by atoms with Crippen molar-refractivity contribution in [1.29, 1.82) is 0 Å². The van der Waals surface area contributed by atoms with Crippen LogP contribution in [-0.2, 0) is 6.54 Å². The van der Waals surface area contributed by atoms with Gasteiger partial charge in [-0.25, -0.2) is 9.67 Å². The van der Waals surface area contributed by atoms with Crippen LogP contribution in [-0.4, -0.2) is 19.3 Å². The number of rotatable bonds is 3. The number of hydrogen-bond acceptors (Lipinski definition) is 3. The summed E-state index contributed by atoms with van der Waals surface area (Å²) in [5, 5.41) is 4.95. The number of fused-ring (bicyclic) bond motifs is 1. The molecule has 0 N–H and O–H groups in total. The molecule has 0 saturated heterocycles. The van der Waals surface area contributed by atoms with Gasteiger partial charge in [-0.2, -0.15) is 5.10 Å². The van der Waals surface area contributed by atoms with Crippen molar-refractivity contribution in [3.8, 4) is 5.69 Å². The molecule has 5 heteroatoms. The molecule has 0 amide bonds. The van der Waals surface area contributed by atoms with Crippen molar-refractivity contribution in [3.05, 3.63) is 53.2 Å². The van der Waals surface area contributed by atoms with Crippen molar-refractivity contribution < 1.29 is 0 Å². The second-order valence-corrected chi connectivity index (χ2v) is 6.34. The molecule has 5 nitrogen and oxygen atoms in total. The van der Waals surface area contributed by atoms with Crippen LogP contribution < -0.4 is 5.56 Å². The Kier molecular flexibility index (Phi) is 3.69. The molecule has 1 aliphatic rings. The summed E-state index contributed by atoms with van der Waals surface area (Å²) in [5.74, 6) is 0.602. The molecule has 1 saturated carbocycles. The summed E-state index contributed by atoms with van der Waals surface area (Å²) in [7, 11) is 0. The first-order chi connectivity index (χ1) is 11.3. The maximum absolute atomic E-state index is 12.7. The summed E-state index contributed by atoms with van der Waals surface area (Å²) in [6.07, 6.45) is 9.63. The van der Waals surface area contributed by atoms with Crippen LogP contribution >= 0.6 is 0 Å². The Balaban J connectivity index is 1.71. The third kappa shape index (κ3) is 2.67. The fourth-order valence-corrected chi connectivity index (χ4v) is 3.48. The Hall–Kier alpha value is -2.43. The summed E-state index contributed by atoms with van der Waals surface area (Å²) in [6, 6.07) is 9.78. The van der Waals surface area contributed by atoms with Crippen molar-refractivity contribution >= 4 is 11.0 Å². The van der Waals surface area contributed by atoms with E-state index in [1.165, 1.54) is 32.1 Å². The fraction of sp³-hybridized carbons (Fsp3) is 0.389. The Bertz CT molecular complexity index is 860. The number of para-hydroxylation sites is 1. The molecule has 4 rings (SSSR count). The van der Waals surface area contributed by atoms with Crippen LogP contribution in [0.1, 0.15) is 32.1 Å². The first-order valence-electron chi connectivity index (χ1n) is 8.31. The Morgan fingerprint density at radius 2 is 1.87 bits per heavy atom. The standard InChI is InChI=1S/C18H20N4O/c23-18-16-11-20-22(15-9-5-2-6-10-15)17(16)19-13-21(18)12-14-7-3-1-4-8-14/h2,5-6,9-11,13-14H,1,3-4,7-8,12H2. The van der Waals surface area contributed by atoms with Crippen LogP contribution in [0.4, 0.5) is 0 Å². The van der Waals surface area contributed by atoms with Crippen molar-refractivity contribution in [2.45, 2.75) is 38.6 Å². The topological polar surface area (TPSA) is 52.7 Å². The molecule has 2 aromatic heterocycles. The Labute approximate surface area is 134 Å². The van der Waals surface area contributed by atoms with Gasteiger partial charge in [-0.15, -0.1) is 0 Å². The molecule has 1 fully saturated rings. The van der Waals surface area contributed by atoms with Gasteiger partial charge in [0.05, 0.1) is 18.2 Å². The highest BCUT2D eigenvalue weighted by atomic mass is 16.1. The Morgan fingerprint density at radius 3 is 2.65 bits per heavy atom. The lowest BCUT2D eigenvalue weighted by molar-refractivity contribution is 0.315. The smallest absolute Gasteiger partial charge is 0.264 e. The summed E-state index contributed by atoms with van der Waals surface area (Å²) in [4.78, 5) is 17.2. The maximum atomic E-state index is 12.7. The third-order valence-electron chi connectivity index (χ3n) is 4.73. The molecule has 0 aliphatic heterocycles. The van der Waals surface area contributed by atoms with Crippen molar-refractivity contribution in [3.63, 3.8) is 0 Å². The second-order valence-electron chi connectivity index (χ2n) is 6.34. The predicted octanol–water partition coefficient (Wildman–Crippen LogP) is 3.16. The molecule has 0 bridgehead atoms. The first-order valence-corrected chi connectivity index (χ1v) is 8.31. The van der Waals surface area contributed by atoms with Crippen molar-refractivity contribution in [2.24, 2.45) is 5.92 Å². The maximum Gasteiger partial charge on any atom is 0.264 e. The minimum absolute atomic E-state index is 0.0164. The SMILES string of the molecule is O=c1c2cnn(-c3ccccc3)c2ncn1CC1CCCCC1. The van der Waals surface area contributed by atoms with E-state index < -0.39 is 0 Å². The van der Waals surface area contributed by atoms with Gasteiger partial charge in [-0.1, -0.05) is 37.5 Å². The highest BCUT2D eigenvalue weighted by Crippen LogP contribution is 2.24. The van der Waals surface area contributed by atoms with Gasteiger partial charge in [0.2, 0.25) is 0 Å². The lowest BCUT2D eigenvalue weighted by Crippen LogP contribution is -2.25. The van der Waals surface area contributed by atoms with E-state index in [4.69, 9.17) is 0 Å². The van der Waals surface area contributed by atoms with E-state index in [-0.39, 0.29) is 5.56 Å². The largest absolute Gasteiger partial charge is 0.298 e. The average molecular weight is 308 g/mol. The van der Waals surface area contributed by atoms with Crippen LogP contribution in [0.25, 0.3) is 16.7 Å². The lowest BCUT2D eigenvalue weighted by Gasteiger charge is -2.22. The molecule has 118 valence electrons. The zero-order valence-electron chi connectivity index (χ0n) is 13.1. The van der Waals surface area contributed by atoms with E-state index in [0.717, 1.165) is 12.2 Å². The monoisotopic (exact) mass is 308 g/mol. The van der Waals surface area contributed by atoms with E-state index in [1.54, 1.807) is 21.8 Å².